The fourth-order valence-electron chi connectivity index (χ4n) is 5.01. The Labute approximate surface area is 153 Å². The van der Waals surface area contributed by atoms with Crippen LogP contribution >= 0.6 is 23.5 Å². The number of nitrogens with one attached hydrogen (secondary N) is 1. The lowest BCUT2D eigenvalue weighted by molar-refractivity contribution is -0.122. The van der Waals surface area contributed by atoms with Crippen molar-refractivity contribution in [2.45, 2.75) is 50.0 Å². The number of carbonyl (C=O) groups excluding carboxylic acids is 1. The lowest BCUT2D eigenvalue weighted by atomic mass is 9.67. The molecule has 24 heavy (non-hydrogen) atoms. The Balaban J connectivity index is 1.48. The second-order valence-corrected chi connectivity index (χ2v) is 10.7. The van der Waals surface area contributed by atoms with Gasteiger partial charge in [-0.2, -0.15) is 0 Å². The highest BCUT2D eigenvalue weighted by Crippen LogP contribution is 2.64. The zero-order valence-electron chi connectivity index (χ0n) is 14.6. The molecule has 4 heteroatoms. The lowest BCUT2D eigenvalue weighted by Gasteiger charge is -2.52. The highest BCUT2D eigenvalue weighted by atomic mass is 32.2. The summed E-state index contributed by atoms with van der Waals surface area (Å²) in [7, 11) is 0. The minimum atomic E-state index is 0.202. The number of aryl methyl sites for hydroxylation is 2. The van der Waals surface area contributed by atoms with E-state index in [0.29, 0.717) is 4.08 Å². The van der Waals surface area contributed by atoms with Crippen molar-refractivity contribution in [2.24, 2.45) is 17.8 Å². The number of thioether (sulfide) groups is 2. The minimum absolute atomic E-state index is 0.202. The van der Waals surface area contributed by atoms with Crippen LogP contribution in [-0.4, -0.2) is 21.5 Å². The number of hydrogen-bond acceptors (Lipinski definition) is 3. The zero-order valence-corrected chi connectivity index (χ0v) is 16.3. The van der Waals surface area contributed by atoms with Crippen molar-refractivity contribution < 1.29 is 4.79 Å². The van der Waals surface area contributed by atoms with Crippen LogP contribution in [0.5, 0.6) is 0 Å². The number of benzene rings is 1. The molecule has 1 spiro atoms. The molecule has 4 rings (SSSR count). The molecule has 2 nitrogen and oxygen atoms in total. The second-order valence-electron chi connectivity index (χ2n) is 7.72. The molecule has 1 aromatic carbocycles. The summed E-state index contributed by atoms with van der Waals surface area (Å²) in [5, 5.41) is 3.22. The van der Waals surface area contributed by atoms with Gasteiger partial charge in [-0.25, -0.2) is 0 Å². The first-order valence-electron chi connectivity index (χ1n) is 9.24. The summed E-state index contributed by atoms with van der Waals surface area (Å²) < 4.78 is 0.453. The molecule has 3 aliphatic rings. The monoisotopic (exact) mass is 361 g/mol. The molecule has 1 unspecified atom stereocenters. The molecule has 130 valence electrons. The minimum Gasteiger partial charge on any atom is -0.326 e. The largest absolute Gasteiger partial charge is 0.326 e. The van der Waals surface area contributed by atoms with Gasteiger partial charge in [-0.3, -0.25) is 4.79 Å². The molecule has 1 saturated heterocycles. The molecule has 2 bridgehead atoms. The van der Waals surface area contributed by atoms with Crippen LogP contribution in [-0.2, 0) is 4.79 Å². The van der Waals surface area contributed by atoms with E-state index in [4.69, 9.17) is 0 Å². The predicted molar refractivity (Wildman–Crippen MR) is 106 cm³/mol. The topological polar surface area (TPSA) is 29.1 Å². The molecular weight excluding hydrogens is 334 g/mol. The summed E-state index contributed by atoms with van der Waals surface area (Å²) in [6.45, 7) is 4.18. The predicted octanol–water partition coefficient (Wildman–Crippen LogP) is 5.24. The molecular formula is C20H27NOS2. The molecule has 1 heterocycles. The van der Waals surface area contributed by atoms with E-state index < -0.39 is 0 Å². The van der Waals surface area contributed by atoms with Gasteiger partial charge in [0.05, 0.1) is 4.08 Å². The van der Waals surface area contributed by atoms with Crippen LogP contribution in [0.15, 0.2) is 18.2 Å². The van der Waals surface area contributed by atoms with Gasteiger partial charge in [0.15, 0.2) is 0 Å². The molecule has 1 amide bonds. The first kappa shape index (κ1) is 16.8. The van der Waals surface area contributed by atoms with Gasteiger partial charge in [0.25, 0.3) is 0 Å². The normalized spacial score (nSPS) is 31.2. The van der Waals surface area contributed by atoms with Crippen molar-refractivity contribution in [1.82, 2.24) is 0 Å². The Morgan fingerprint density at radius 3 is 2.42 bits per heavy atom. The second kappa shape index (κ2) is 6.60. The van der Waals surface area contributed by atoms with E-state index in [1.54, 1.807) is 0 Å². The molecule has 3 fully saturated rings. The van der Waals surface area contributed by atoms with Gasteiger partial charge in [-0.15, -0.1) is 23.5 Å². The number of amides is 1. The van der Waals surface area contributed by atoms with Crippen LogP contribution in [0.2, 0.25) is 0 Å². The Kier molecular flexibility index (Phi) is 4.63. The molecule has 1 aromatic rings. The van der Waals surface area contributed by atoms with E-state index in [2.05, 4.69) is 60.9 Å². The van der Waals surface area contributed by atoms with Gasteiger partial charge in [-0.05, 0) is 63.0 Å². The van der Waals surface area contributed by atoms with Gasteiger partial charge in [0.2, 0.25) is 5.91 Å². The number of carbonyl (C=O) groups is 1. The van der Waals surface area contributed by atoms with Crippen LogP contribution in [0.25, 0.3) is 0 Å². The SMILES string of the molecule is Cc1ccc(NC(=O)C2C[C@H]3CCC[C@@H](C2)C32SCCS2)c(C)c1. The smallest absolute Gasteiger partial charge is 0.227 e. The van der Waals surface area contributed by atoms with Crippen molar-refractivity contribution in [2.75, 3.05) is 16.8 Å². The Morgan fingerprint density at radius 2 is 1.79 bits per heavy atom. The maximum atomic E-state index is 12.9. The average molecular weight is 362 g/mol. The van der Waals surface area contributed by atoms with E-state index in [1.165, 1.54) is 36.3 Å². The highest BCUT2D eigenvalue weighted by Gasteiger charge is 2.55. The summed E-state index contributed by atoms with van der Waals surface area (Å²) in [6, 6.07) is 6.28. The average Bonchev–Trinajstić information content (AvgIpc) is 2.99. The summed E-state index contributed by atoms with van der Waals surface area (Å²) in [5.74, 6) is 4.53. The van der Waals surface area contributed by atoms with Crippen molar-refractivity contribution in [1.29, 1.82) is 0 Å². The highest BCUT2D eigenvalue weighted by molar-refractivity contribution is 8.21. The summed E-state index contributed by atoms with van der Waals surface area (Å²) in [5.41, 5.74) is 3.40. The van der Waals surface area contributed by atoms with Crippen LogP contribution < -0.4 is 5.32 Å². The maximum absolute atomic E-state index is 12.9. The van der Waals surface area contributed by atoms with E-state index in [0.717, 1.165) is 35.9 Å². The zero-order chi connectivity index (χ0) is 16.7. The van der Waals surface area contributed by atoms with E-state index in [9.17, 15) is 4.79 Å². The van der Waals surface area contributed by atoms with Crippen LogP contribution in [0.4, 0.5) is 5.69 Å². The van der Waals surface area contributed by atoms with Crippen molar-refractivity contribution in [3.63, 3.8) is 0 Å². The van der Waals surface area contributed by atoms with Gasteiger partial charge >= 0.3 is 0 Å². The molecule has 2 aliphatic carbocycles. The Morgan fingerprint density at radius 1 is 1.12 bits per heavy atom. The number of rotatable bonds is 2. The van der Waals surface area contributed by atoms with Gasteiger partial charge in [0, 0.05) is 23.1 Å². The number of anilines is 1. The summed E-state index contributed by atoms with van der Waals surface area (Å²) in [4.78, 5) is 12.9. The molecule has 2 saturated carbocycles. The van der Waals surface area contributed by atoms with E-state index in [1.807, 2.05) is 0 Å². The first-order chi connectivity index (χ1) is 11.6. The first-order valence-corrected chi connectivity index (χ1v) is 11.2. The standard InChI is InChI=1S/C20H27NOS2/c1-13-6-7-18(14(2)10-13)21-19(22)15-11-16-4-3-5-17(12-15)20(16)23-8-9-24-20/h6-7,10,15-17H,3-5,8-9,11-12H2,1-2H3,(H,21,22)/t15?,16-,17+. The molecule has 0 aromatic heterocycles. The van der Waals surface area contributed by atoms with Gasteiger partial charge in [-0.1, -0.05) is 24.1 Å². The summed E-state index contributed by atoms with van der Waals surface area (Å²) in [6.07, 6.45) is 6.19. The molecule has 1 aliphatic heterocycles. The molecule has 1 N–H and O–H groups in total. The Bertz CT molecular complexity index is 623. The van der Waals surface area contributed by atoms with E-state index in [-0.39, 0.29) is 11.8 Å². The fourth-order valence-corrected chi connectivity index (χ4v) is 8.95. The Hall–Kier alpha value is -0.610. The van der Waals surface area contributed by atoms with Crippen molar-refractivity contribution in [3.8, 4) is 0 Å². The third-order valence-corrected chi connectivity index (χ3v) is 10.1. The lowest BCUT2D eigenvalue weighted by Crippen LogP contribution is -2.48. The number of hydrogen-bond donors (Lipinski definition) is 1. The molecule has 0 radical (unpaired) electrons. The molecule has 3 atom stereocenters. The van der Waals surface area contributed by atoms with Gasteiger partial charge < -0.3 is 5.32 Å². The summed E-state index contributed by atoms with van der Waals surface area (Å²) >= 11 is 4.42. The van der Waals surface area contributed by atoms with E-state index >= 15 is 0 Å². The maximum Gasteiger partial charge on any atom is 0.227 e. The van der Waals surface area contributed by atoms with Gasteiger partial charge in [0.1, 0.15) is 0 Å². The van der Waals surface area contributed by atoms with Crippen molar-refractivity contribution in [3.05, 3.63) is 29.3 Å². The van der Waals surface area contributed by atoms with Crippen molar-refractivity contribution >= 4 is 35.1 Å². The van der Waals surface area contributed by atoms with Crippen LogP contribution in [0, 0.1) is 31.6 Å². The van der Waals surface area contributed by atoms with Crippen LogP contribution in [0.1, 0.15) is 43.2 Å². The fraction of sp³-hybridized carbons (Fsp3) is 0.650. The third-order valence-electron chi connectivity index (χ3n) is 6.13. The quantitative estimate of drug-likeness (QED) is 0.780. The third kappa shape index (κ3) is 2.90. The van der Waals surface area contributed by atoms with Crippen LogP contribution in [0.3, 0.4) is 0 Å².